The normalized spacial score (nSPS) is 19.7. The first-order valence-electron chi connectivity index (χ1n) is 11.0. The highest BCUT2D eigenvalue weighted by Crippen LogP contribution is 2.35. The van der Waals surface area contributed by atoms with Gasteiger partial charge in [0.1, 0.15) is 5.82 Å². The van der Waals surface area contributed by atoms with E-state index in [4.69, 9.17) is 0 Å². The van der Waals surface area contributed by atoms with Crippen LogP contribution in [0.1, 0.15) is 24.8 Å². The fourth-order valence-corrected chi connectivity index (χ4v) is 4.17. The van der Waals surface area contributed by atoms with Gasteiger partial charge in [0.2, 0.25) is 5.91 Å². The van der Waals surface area contributed by atoms with E-state index < -0.39 is 12.1 Å². The van der Waals surface area contributed by atoms with Crippen molar-refractivity contribution in [3.8, 4) is 0 Å². The van der Waals surface area contributed by atoms with Gasteiger partial charge in [-0.25, -0.2) is 4.98 Å². The van der Waals surface area contributed by atoms with Crippen molar-refractivity contribution in [1.29, 1.82) is 0 Å². The summed E-state index contributed by atoms with van der Waals surface area (Å²) in [5.74, 6) is -0.371. The number of hydrogen-bond acceptors (Lipinski definition) is 5. The third-order valence-corrected chi connectivity index (χ3v) is 6.17. The summed E-state index contributed by atoms with van der Waals surface area (Å²) in [6, 6.07) is 11.5. The number of pyridine rings is 1. The number of nitrogens with zero attached hydrogens (tertiary/aromatic N) is 2. The molecule has 2 fully saturated rings. The maximum atomic E-state index is 12.8. The van der Waals surface area contributed by atoms with Gasteiger partial charge in [-0.15, -0.1) is 0 Å². The topological polar surface area (TPSA) is 69.3 Å². The second kappa shape index (κ2) is 9.77. The number of benzene rings is 1. The van der Waals surface area contributed by atoms with Crippen LogP contribution < -0.4 is 20.9 Å². The monoisotopic (exact) mass is 447 g/mol. The Bertz CT molecular complexity index is 887. The van der Waals surface area contributed by atoms with E-state index in [-0.39, 0.29) is 24.7 Å². The number of aromatic nitrogens is 1. The van der Waals surface area contributed by atoms with Gasteiger partial charge in [0, 0.05) is 31.9 Å². The van der Waals surface area contributed by atoms with Crippen LogP contribution in [0, 0.1) is 11.8 Å². The van der Waals surface area contributed by atoms with Crippen LogP contribution in [0.25, 0.3) is 0 Å². The smallest absolute Gasteiger partial charge is 0.357 e. The molecule has 2 saturated heterocycles. The van der Waals surface area contributed by atoms with E-state index in [1.807, 2.05) is 41.3 Å². The lowest BCUT2D eigenvalue weighted by molar-refractivity contribution is -0.179. The highest BCUT2D eigenvalue weighted by atomic mass is 19.4. The molecule has 3 heterocycles. The minimum absolute atomic E-state index is 0.0578. The van der Waals surface area contributed by atoms with Crippen molar-refractivity contribution < 1.29 is 18.0 Å². The van der Waals surface area contributed by atoms with E-state index in [0.29, 0.717) is 25.5 Å². The summed E-state index contributed by atoms with van der Waals surface area (Å²) < 4.78 is 38.5. The van der Waals surface area contributed by atoms with Crippen LogP contribution in [0.3, 0.4) is 0 Å². The van der Waals surface area contributed by atoms with Crippen LogP contribution in [0.5, 0.6) is 0 Å². The Kier molecular flexibility index (Phi) is 6.83. The third kappa shape index (κ3) is 5.70. The molecular weight excluding hydrogens is 419 g/mol. The number of halogens is 3. The number of piperidine rings is 1. The van der Waals surface area contributed by atoms with Crippen molar-refractivity contribution in [1.82, 2.24) is 15.6 Å². The molecule has 2 aliphatic rings. The number of amides is 1. The Balaban J connectivity index is 1.26. The van der Waals surface area contributed by atoms with E-state index in [9.17, 15) is 18.0 Å². The number of anilines is 3. The maximum Gasteiger partial charge on any atom is 0.391 e. The summed E-state index contributed by atoms with van der Waals surface area (Å²) in [7, 11) is 0. The van der Waals surface area contributed by atoms with Gasteiger partial charge < -0.3 is 20.9 Å². The third-order valence-electron chi connectivity index (χ3n) is 6.17. The molecule has 6 nitrogen and oxygen atoms in total. The quantitative estimate of drug-likeness (QED) is 0.628. The Morgan fingerprint density at radius 3 is 2.38 bits per heavy atom. The fraction of sp³-hybridized carbons (Fsp3) is 0.478. The van der Waals surface area contributed by atoms with Gasteiger partial charge in [0.25, 0.3) is 0 Å². The molecule has 2 aliphatic heterocycles. The number of alkyl halides is 3. The molecular formula is C23H28F3N5O. The number of nitrogens with one attached hydrogen (secondary N) is 3. The summed E-state index contributed by atoms with van der Waals surface area (Å²) in [6.07, 6.45) is -1.32. The molecule has 4 rings (SSSR count). The van der Waals surface area contributed by atoms with E-state index in [0.717, 1.165) is 36.4 Å². The molecule has 3 N–H and O–H groups in total. The van der Waals surface area contributed by atoms with E-state index in [1.165, 1.54) is 0 Å². The predicted octanol–water partition coefficient (Wildman–Crippen LogP) is 3.83. The van der Waals surface area contributed by atoms with Gasteiger partial charge in [0.15, 0.2) is 0 Å². The molecule has 1 unspecified atom stereocenters. The van der Waals surface area contributed by atoms with Crippen molar-refractivity contribution >= 4 is 23.1 Å². The van der Waals surface area contributed by atoms with E-state index >= 15 is 0 Å². The maximum absolute atomic E-state index is 12.8. The largest absolute Gasteiger partial charge is 0.391 e. The zero-order chi connectivity index (χ0) is 22.6. The van der Waals surface area contributed by atoms with Gasteiger partial charge in [-0.05, 0) is 55.6 Å². The zero-order valence-electron chi connectivity index (χ0n) is 17.8. The summed E-state index contributed by atoms with van der Waals surface area (Å²) in [5.41, 5.74) is 2.71. The van der Waals surface area contributed by atoms with Crippen LogP contribution in [0.2, 0.25) is 0 Å². The first-order chi connectivity index (χ1) is 15.4. The van der Waals surface area contributed by atoms with Crippen molar-refractivity contribution in [2.24, 2.45) is 11.8 Å². The number of carbonyl (C=O) groups is 1. The molecule has 0 bridgehead atoms. The zero-order valence-corrected chi connectivity index (χ0v) is 17.8. The average molecular weight is 448 g/mol. The fourth-order valence-electron chi connectivity index (χ4n) is 4.17. The summed E-state index contributed by atoms with van der Waals surface area (Å²) >= 11 is 0. The second-order valence-corrected chi connectivity index (χ2v) is 8.44. The van der Waals surface area contributed by atoms with Gasteiger partial charge in [0.05, 0.1) is 23.7 Å². The van der Waals surface area contributed by atoms with E-state index in [2.05, 4.69) is 20.9 Å². The molecule has 0 radical (unpaired) electrons. The van der Waals surface area contributed by atoms with Gasteiger partial charge in [-0.1, -0.05) is 12.1 Å². The lowest BCUT2D eigenvalue weighted by Gasteiger charge is -2.33. The molecule has 0 spiro atoms. The van der Waals surface area contributed by atoms with Crippen LogP contribution in [0.4, 0.5) is 30.4 Å². The highest BCUT2D eigenvalue weighted by Gasteiger charge is 2.41. The van der Waals surface area contributed by atoms with Crippen molar-refractivity contribution in [2.75, 3.05) is 36.4 Å². The minimum Gasteiger partial charge on any atom is -0.357 e. The molecule has 1 aromatic carbocycles. The summed E-state index contributed by atoms with van der Waals surface area (Å²) in [4.78, 5) is 18.4. The van der Waals surface area contributed by atoms with Crippen LogP contribution in [-0.2, 0) is 11.3 Å². The Morgan fingerprint density at radius 1 is 1.06 bits per heavy atom. The molecule has 9 heteroatoms. The van der Waals surface area contributed by atoms with Crippen molar-refractivity contribution in [3.05, 3.63) is 48.2 Å². The lowest BCUT2D eigenvalue weighted by Crippen LogP contribution is -2.39. The number of carbonyl (C=O) groups excluding carboxylic acids is 1. The van der Waals surface area contributed by atoms with Gasteiger partial charge in [-0.2, -0.15) is 13.2 Å². The second-order valence-electron chi connectivity index (χ2n) is 8.44. The number of hydrogen-bond donors (Lipinski definition) is 3. The summed E-state index contributed by atoms with van der Waals surface area (Å²) in [5, 5.41) is 9.45. The molecule has 2 aromatic rings. The Hall–Kier alpha value is -2.81. The van der Waals surface area contributed by atoms with Crippen LogP contribution in [-0.4, -0.2) is 43.2 Å². The standard InChI is InChI=1S/C23H28F3N5O/c24-23(25,26)18-8-11-31(12-9-18)21-6-5-20(15-28-21)30-19-3-1-16(2-4-19)13-29-22(32)17-7-10-27-14-17/h1-6,15,17-18,27,30H,7-14H2,(H,29,32). The van der Waals surface area contributed by atoms with Crippen LogP contribution in [0.15, 0.2) is 42.6 Å². The Labute approximate surface area is 185 Å². The Morgan fingerprint density at radius 2 is 1.78 bits per heavy atom. The van der Waals surface area contributed by atoms with Gasteiger partial charge in [-0.3, -0.25) is 4.79 Å². The molecule has 1 aromatic heterocycles. The number of rotatable bonds is 6. The molecule has 0 aliphatic carbocycles. The van der Waals surface area contributed by atoms with Crippen molar-refractivity contribution in [3.63, 3.8) is 0 Å². The van der Waals surface area contributed by atoms with E-state index in [1.54, 1.807) is 6.20 Å². The lowest BCUT2D eigenvalue weighted by atomic mass is 9.96. The first-order valence-corrected chi connectivity index (χ1v) is 11.0. The molecule has 172 valence electrons. The molecule has 0 saturated carbocycles. The first kappa shape index (κ1) is 22.4. The highest BCUT2D eigenvalue weighted by molar-refractivity contribution is 5.79. The minimum atomic E-state index is -4.11. The van der Waals surface area contributed by atoms with Crippen molar-refractivity contribution in [2.45, 2.75) is 32.0 Å². The predicted molar refractivity (Wildman–Crippen MR) is 118 cm³/mol. The average Bonchev–Trinajstić information content (AvgIpc) is 3.34. The molecule has 32 heavy (non-hydrogen) atoms. The SMILES string of the molecule is O=C(NCc1ccc(Nc2ccc(N3CCC(C(F)(F)F)CC3)nc2)cc1)C1CCNC1. The van der Waals surface area contributed by atoms with Gasteiger partial charge >= 0.3 is 6.18 Å². The molecule has 1 amide bonds. The molecule has 1 atom stereocenters. The van der Waals surface area contributed by atoms with Crippen LogP contribution >= 0.6 is 0 Å². The summed E-state index contributed by atoms with van der Waals surface area (Å²) in [6.45, 7) is 2.85.